The number of benzene rings is 2. The Balaban J connectivity index is 1.83. The molecule has 106 valence electrons. The van der Waals surface area contributed by atoms with E-state index < -0.39 is 0 Å². The summed E-state index contributed by atoms with van der Waals surface area (Å²) >= 11 is 0. The second kappa shape index (κ2) is 5.94. The molecule has 3 aromatic rings. The van der Waals surface area contributed by atoms with Crippen molar-refractivity contribution in [2.45, 2.75) is 19.4 Å². The quantitative estimate of drug-likeness (QED) is 0.794. The van der Waals surface area contributed by atoms with Crippen molar-refractivity contribution in [1.82, 2.24) is 9.78 Å². The predicted molar refractivity (Wildman–Crippen MR) is 86.4 cm³/mol. The minimum absolute atomic E-state index is 0.191. The van der Waals surface area contributed by atoms with Crippen molar-refractivity contribution < 1.29 is 0 Å². The first kappa shape index (κ1) is 13.6. The van der Waals surface area contributed by atoms with Gasteiger partial charge in [0.05, 0.1) is 11.9 Å². The monoisotopic (exact) mass is 277 g/mol. The predicted octanol–water partition coefficient (Wildman–Crippen LogP) is 3.43. The minimum atomic E-state index is 0.191. The SMILES string of the molecule is CC(N)Cc1ccc(-c2cnn(-c3ccccc3)c2)cc1. The van der Waals surface area contributed by atoms with E-state index in [2.05, 4.69) is 35.6 Å². The van der Waals surface area contributed by atoms with Crippen LogP contribution in [-0.4, -0.2) is 15.8 Å². The molecule has 0 saturated heterocycles. The fraction of sp³-hybridized carbons (Fsp3) is 0.167. The highest BCUT2D eigenvalue weighted by Crippen LogP contribution is 2.21. The zero-order chi connectivity index (χ0) is 14.7. The Morgan fingerprint density at radius 2 is 1.71 bits per heavy atom. The van der Waals surface area contributed by atoms with Gasteiger partial charge in [0.15, 0.2) is 0 Å². The molecular formula is C18H19N3. The van der Waals surface area contributed by atoms with Gasteiger partial charge in [0, 0.05) is 17.8 Å². The van der Waals surface area contributed by atoms with Gasteiger partial charge in [-0.05, 0) is 36.6 Å². The Kier molecular flexibility index (Phi) is 3.84. The topological polar surface area (TPSA) is 43.8 Å². The summed E-state index contributed by atoms with van der Waals surface area (Å²) in [6, 6.07) is 18.8. The standard InChI is InChI=1S/C18H19N3/c1-14(19)11-15-7-9-16(10-8-15)17-12-20-21(13-17)18-5-3-2-4-6-18/h2-10,12-14H,11,19H2,1H3. The van der Waals surface area contributed by atoms with Gasteiger partial charge >= 0.3 is 0 Å². The first-order valence-electron chi connectivity index (χ1n) is 7.17. The number of nitrogens with two attached hydrogens (primary N) is 1. The third-order valence-corrected chi connectivity index (χ3v) is 3.45. The van der Waals surface area contributed by atoms with Crippen molar-refractivity contribution in [2.24, 2.45) is 5.73 Å². The highest BCUT2D eigenvalue weighted by molar-refractivity contribution is 5.62. The molecule has 3 heteroatoms. The molecular weight excluding hydrogens is 258 g/mol. The Hall–Kier alpha value is -2.39. The fourth-order valence-electron chi connectivity index (χ4n) is 2.40. The molecule has 0 saturated carbocycles. The lowest BCUT2D eigenvalue weighted by Crippen LogP contribution is -2.17. The molecule has 0 aliphatic heterocycles. The van der Waals surface area contributed by atoms with Gasteiger partial charge in [-0.3, -0.25) is 0 Å². The average Bonchev–Trinajstić information content (AvgIpc) is 2.98. The third-order valence-electron chi connectivity index (χ3n) is 3.45. The molecule has 0 aliphatic rings. The Morgan fingerprint density at radius 1 is 1.00 bits per heavy atom. The molecule has 0 radical (unpaired) electrons. The summed E-state index contributed by atoms with van der Waals surface area (Å²) in [7, 11) is 0. The summed E-state index contributed by atoms with van der Waals surface area (Å²) < 4.78 is 1.89. The van der Waals surface area contributed by atoms with Crippen LogP contribution in [-0.2, 0) is 6.42 Å². The first-order chi connectivity index (χ1) is 10.2. The van der Waals surface area contributed by atoms with E-state index in [1.807, 2.05) is 48.1 Å². The van der Waals surface area contributed by atoms with E-state index in [9.17, 15) is 0 Å². The number of rotatable bonds is 4. The van der Waals surface area contributed by atoms with Crippen LogP contribution in [0.15, 0.2) is 67.0 Å². The van der Waals surface area contributed by atoms with Gasteiger partial charge in [-0.15, -0.1) is 0 Å². The number of para-hydroxylation sites is 1. The second-order valence-corrected chi connectivity index (χ2v) is 5.39. The van der Waals surface area contributed by atoms with Gasteiger partial charge < -0.3 is 5.73 Å². The van der Waals surface area contributed by atoms with Crippen LogP contribution in [0.3, 0.4) is 0 Å². The maximum Gasteiger partial charge on any atom is 0.0645 e. The van der Waals surface area contributed by atoms with Crippen LogP contribution in [0.25, 0.3) is 16.8 Å². The molecule has 0 amide bonds. The molecule has 3 nitrogen and oxygen atoms in total. The van der Waals surface area contributed by atoms with Gasteiger partial charge in [-0.2, -0.15) is 5.10 Å². The van der Waals surface area contributed by atoms with Crippen molar-refractivity contribution in [3.63, 3.8) is 0 Å². The lowest BCUT2D eigenvalue weighted by atomic mass is 10.0. The molecule has 2 N–H and O–H groups in total. The molecule has 3 rings (SSSR count). The minimum Gasteiger partial charge on any atom is -0.328 e. The molecule has 0 bridgehead atoms. The highest BCUT2D eigenvalue weighted by Gasteiger charge is 2.04. The van der Waals surface area contributed by atoms with Crippen molar-refractivity contribution in [1.29, 1.82) is 0 Å². The molecule has 21 heavy (non-hydrogen) atoms. The van der Waals surface area contributed by atoms with Crippen LogP contribution in [0.5, 0.6) is 0 Å². The molecule has 1 unspecified atom stereocenters. The van der Waals surface area contributed by atoms with Crippen LogP contribution in [0.2, 0.25) is 0 Å². The van der Waals surface area contributed by atoms with E-state index in [0.717, 1.165) is 17.7 Å². The highest BCUT2D eigenvalue weighted by atomic mass is 15.3. The maximum atomic E-state index is 5.83. The van der Waals surface area contributed by atoms with Crippen molar-refractivity contribution in [3.8, 4) is 16.8 Å². The number of aromatic nitrogens is 2. The molecule has 2 aromatic carbocycles. The summed E-state index contributed by atoms with van der Waals surface area (Å²) in [5.41, 5.74) is 10.5. The van der Waals surface area contributed by atoms with Crippen LogP contribution < -0.4 is 5.73 Å². The normalized spacial score (nSPS) is 12.3. The molecule has 0 spiro atoms. The lowest BCUT2D eigenvalue weighted by molar-refractivity contribution is 0.738. The van der Waals surface area contributed by atoms with E-state index >= 15 is 0 Å². The summed E-state index contributed by atoms with van der Waals surface area (Å²) in [6.07, 6.45) is 4.85. The number of hydrogen-bond acceptors (Lipinski definition) is 2. The Morgan fingerprint density at radius 3 is 2.38 bits per heavy atom. The first-order valence-corrected chi connectivity index (χ1v) is 7.17. The van der Waals surface area contributed by atoms with E-state index in [-0.39, 0.29) is 6.04 Å². The van der Waals surface area contributed by atoms with Crippen molar-refractivity contribution in [3.05, 3.63) is 72.6 Å². The van der Waals surface area contributed by atoms with Crippen molar-refractivity contribution >= 4 is 0 Å². The van der Waals surface area contributed by atoms with E-state index in [1.54, 1.807) is 0 Å². The average molecular weight is 277 g/mol. The smallest absolute Gasteiger partial charge is 0.0645 e. The zero-order valence-electron chi connectivity index (χ0n) is 12.1. The summed E-state index contributed by atoms with van der Waals surface area (Å²) in [6.45, 7) is 2.03. The molecule has 1 heterocycles. The van der Waals surface area contributed by atoms with Gasteiger partial charge in [-0.1, -0.05) is 42.5 Å². The summed E-state index contributed by atoms with van der Waals surface area (Å²) in [5, 5.41) is 4.43. The summed E-state index contributed by atoms with van der Waals surface area (Å²) in [4.78, 5) is 0. The number of hydrogen-bond donors (Lipinski definition) is 1. The molecule has 1 atom stereocenters. The van der Waals surface area contributed by atoms with Crippen LogP contribution in [0, 0.1) is 0 Å². The van der Waals surface area contributed by atoms with Crippen LogP contribution in [0.4, 0.5) is 0 Å². The van der Waals surface area contributed by atoms with Gasteiger partial charge in [-0.25, -0.2) is 4.68 Å². The van der Waals surface area contributed by atoms with Crippen LogP contribution >= 0.6 is 0 Å². The Labute approximate surface area is 125 Å². The Bertz CT molecular complexity index is 697. The maximum absolute atomic E-state index is 5.83. The van der Waals surface area contributed by atoms with Crippen LogP contribution in [0.1, 0.15) is 12.5 Å². The van der Waals surface area contributed by atoms with E-state index in [4.69, 9.17) is 5.73 Å². The second-order valence-electron chi connectivity index (χ2n) is 5.39. The van der Waals surface area contributed by atoms with Gasteiger partial charge in [0.1, 0.15) is 0 Å². The summed E-state index contributed by atoms with van der Waals surface area (Å²) in [5.74, 6) is 0. The largest absolute Gasteiger partial charge is 0.328 e. The third kappa shape index (κ3) is 3.20. The lowest BCUT2D eigenvalue weighted by Gasteiger charge is -2.05. The molecule has 1 aromatic heterocycles. The van der Waals surface area contributed by atoms with E-state index in [1.165, 1.54) is 11.1 Å². The van der Waals surface area contributed by atoms with Gasteiger partial charge in [0.2, 0.25) is 0 Å². The van der Waals surface area contributed by atoms with E-state index in [0.29, 0.717) is 0 Å². The zero-order valence-corrected chi connectivity index (χ0v) is 12.1. The van der Waals surface area contributed by atoms with Crippen molar-refractivity contribution in [2.75, 3.05) is 0 Å². The molecule has 0 aliphatic carbocycles. The number of nitrogens with zero attached hydrogens (tertiary/aromatic N) is 2. The van der Waals surface area contributed by atoms with Gasteiger partial charge in [0.25, 0.3) is 0 Å². The fourth-order valence-corrected chi connectivity index (χ4v) is 2.40. The molecule has 0 fully saturated rings.